The number of carbonyl (C=O) groups is 1. The van der Waals surface area contributed by atoms with Crippen molar-refractivity contribution in [3.8, 4) is 5.69 Å². The van der Waals surface area contributed by atoms with Crippen LogP contribution in [0, 0.1) is 0 Å². The highest BCUT2D eigenvalue weighted by Gasteiger charge is 2.09. The molecule has 0 aliphatic heterocycles. The summed E-state index contributed by atoms with van der Waals surface area (Å²) < 4.78 is 1.75. The molecule has 3 rings (SSSR count). The van der Waals surface area contributed by atoms with Crippen LogP contribution in [-0.2, 0) is 17.6 Å². The Morgan fingerprint density at radius 2 is 1.96 bits per heavy atom. The van der Waals surface area contributed by atoms with Crippen molar-refractivity contribution < 1.29 is 4.79 Å². The average molecular weight is 307 g/mol. The second-order valence-corrected chi connectivity index (χ2v) is 5.06. The molecule has 2 heterocycles. The van der Waals surface area contributed by atoms with Crippen LogP contribution in [-0.4, -0.2) is 25.7 Å². The molecule has 0 saturated heterocycles. The molecule has 6 heteroatoms. The Morgan fingerprint density at radius 1 is 1.13 bits per heavy atom. The first-order chi connectivity index (χ1) is 11.2. The lowest BCUT2D eigenvalue weighted by Gasteiger charge is -2.04. The molecule has 23 heavy (non-hydrogen) atoms. The van der Waals surface area contributed by atoms with E-state index in [1.54, 1.807) is 10.7 Å². The van der Waals surface area contributed by atoms with Gasteiger partial charge in [-0.1, -0.05) is 25.1 Å². The quantitative estimate of drug-likeness (QED) is 0.785. The van der Waals surface area contributed by atoms with Gasteiger partial charge in [-0.3, -0.25) is 4.79 Å². The lowest BCUT2D eigenvalue weighted by Crippen LogP contribution is -2.16. The Bertz CT molecular complexity index is 798. The minimum atomic E-state index is -0.149. The van der Waals surface area contributed by atoms with Crippen molar-refractivity contribution in [2.24, 2.45) is 0 Å². The molecule has 0 aliphatic rings. The fourth-order valence-electron chi connectivity index (χ4n) is 2.19. The fraction of sp³-hybridized carbons (Fsp3) is 0.176. The Morgan fingerprint density at radius 3 is 2.74 bits per heavy atom. The number of carbonyl (C=O) groups excluding carboxylic acids is 1. The maximum absolute atomic E-state index is 12.1. The van der Waals surface area contributed by atoms with Crippen LogP contribution >= 0.6 is 0 Å². The first-order valence-electron chi connectivity index (χ1n) is 7.45. The van der Waals surface area contributed by atoms with E-state index in [9.17, 15) is 4.79 Å². The minimum Gasteiger partial charge on any atom is -0.310 e. The molecule has 3 aromatic rings. The highest BCUT2D eigenvalue weighted by atomic mass is 16.1. The Labute approximate surface area is 134 Å². The molecule has 116 valence electrons. The zero-order chi connectivity index (χ0) is 16.1. The summed E-state index contributed by atoms with van der Waals surface area (Å²) in [6, 6.07) is 13.4. The van der Waals surface area contributed by atoms with Crippen molar-refractivity contribution >= 4 is 11.7 Å². The van der Waals surface area contributed by atoms with Crippen LogP contribution in [0.4, 0.5) is 5.82 Å². The summed E-state index contributed by atoms with van der Waals surface area (Å²) in [5, 5.41) is 7.19. The Balaban J connectivity index is 1.65. The number of aryl methyl sites for hydroxylation is 1. The molecule has 0 spiro atoms. The highest BCUT2D eigenvalue weighted by molar-refractivity contribution is 5.91. The molecule has 1 aromatic carbocycles. The third kappa shape index (κ3) is 3.79. The zero-order valence-corrected chi connectivity index (χ0v) is 12.8. The molecular formula is C17H17N5O. The standard InChI is InChI=1S/C17H17N5O/c1-2-13-10-16(19-12-18-13)20-17(23)11-14-8-9-22(21-14)15-6-4-3-5-7-15/h3-10,12H,2,11H2,1H3,(H,18,19,20,23). The lowest BCUT2D eigenvalue weighted by molar-refractivity contribution is -0.115. The number of nitrogens with one attached hydrogen (secondary N) is 1. The minimum absolute atomic E-state index is 0.149. The SMILES string of the molecule is CCc1cc(NC(=O)Cc2ccn(-c3ccccc3)n2)ncn1. The van der Waals surface area contributed by atoms with Crippen molar-refractivity contribution in [1.29, 1.82) is 0 Å². The summed E-state index contributed by atoms with van der Waals surface area (Å²) in [4.78, 5) is 20.3. The van der Waals surface area contributed by atoms with E-state index >= 15 is 0 Å². The van der Waals surface area contributed by atoms with Crippen LogP contribution in [0.25, 0.3) is 5.69 Å². The van der Waals surface area contributed by atoms with Gasteiger partial charge in [0, 0.05) is 18.0 Å². The average Bonchev–Trinajstić information content (AvgIpc) is 3.04. The van der Waals surface area contributed by atoms with E-state index in [2.05, 4.69) is 20.4 Å². The van der Waals surface area contributed by atoms with E-state index in [1.165, 1.54) is 6.33 Å². The van der Waals surface area contributed by atoms with Crippen molar-refractivity contribution in [2.45, 2.75) is 19.8 Å². The van der Waals surface area contributed by atoms with Crippen LogP contribution in [0.1, 0.15) is 18.3 Å². The van der Waals surface area contributed by atoms with Crippen molar-refractivity contribution in [3.05, 3.63) is 66.4 Å². The summed E-state index contributed by atoms with van der Waals surface area (Å²) in [6.45, 7) is 2.00. The molecule has 0 radical (unpaired) electrons. The maximum Gasteiger partial charge on any atom is 0.231 e. The number of para-hydroxylation sites is 1. The molecule has 0 atom stereocenters. The molecule has 0 saturated carbocycles. The molecule has 0 bridgehead atoms. The van der Waals surface area contributed by atoms with E-state index in [0.717, 1.165) is 17.8 Å². The van der Waals surface area contributed by atoms with Gasteiger partial charge in [0.15, 0.2) is 0 Å². The van der Waals surface area contributed by atoms with Crippen LogP contribution in [0.2, 0.25) is 0 Å². The van der Waals surface area contributed by atoms with Gasteiger partial charge < -0.3 is 5.32 Å². The van der Waals surface area contributed by atoms with Gasteiger partial charge in [0.25, 0.3) is 0 Å². The fourth-order valence-corrected chi connectivity index (χ4v) is 2.19. The predicted molar refractivity (Wildman–Crippen MR) is 87.3 cm³/mol. The first kappa shape index (κ1) is 14.9. The molecule has 0 unspecified atom stereocenters. The van der Waals surface area contributed by atoms with Gasteiger partial charge in [-0.25, -0.2) is 14.6 Å². The van der Waals surface area contributed by atoms with Gasteiger partial charge in [-0.15, -0.1) is 0 Å². The van der Waals surface area contributed by atoms with Crippen LogP contribution < -0.4 is 5.32 Å². The lowest BCUT2D eigenvalue weighted by atomic mass is 10.3. The second-order valence-electron chi connectivity index (χ2n) is 5.06. The van der Waals surface area contributed by atoms with Crippen LogP contribution in [0.5, 0.6) is 0 Å². The second kappa shape index (κ2) is 6.83. The third-order valence-electron chi connectivity index (χ3n) is 3.36. The smallest absolute Gasteiger partial charge is 0.231 e. The molecule has 1 N–H and O–H groups in total. The number of anilines is 1. The molecule has 0 fully saturated rings. The monoisotopic (exact) mass is 307 g/mol. The third-order valence-corrected chi connectivity index (χ3v) is 3.36. The van der Waals surface area contributed by atoms with E-state index in [-0.39, 0.29) is 12.3 Å². The summed E-state index contributed by atoms with van der Waals surface area (Å²) in [5.74, 6) is 0.369. The van der Waals surface area contributed by atoms with Gasteiger partial charge in [0.2, 0.25) is 5.91 Å². The molecular weight excluding hydrogens is 290 g/mol. The topological polar surface area (TPSA) is 72.7 Å². The van der Waals surface area contributed by atoms with Gasteiger partial charge in [-0.2, -0.15) is 5.10 Å². The number of aromatic nitrogens is 4. The van der Waals surface area contributed by atoms with Gasteiger partial charge >= 0.3 is 0 Å². The van der Waals surface area contributed by atoms with Crippen molar-refractivity contribution in [2.75, 3.05) is 5.32 Å². The maximum atomic E-state index is 12.1. The Hall–Kier alpha value is -3.02. The summed E-state index contributed by atoms with van der Waals surface area (Å²) in [6.07, 6.45) is 4.30. The van der Waals surface area contributed by atoms with Crippen LogP contribution in [0.15, 0.2) is 55.0 Å². The first-order valence-corrected chi connectivity index (χ1v) is 7.45. The molecule has 2 aromatic heterocycles. The zero-order valence-electron chi connectivity index (χ0n) is 12.8. The van der Waals surface area contributed by atoms with Gasteiger partial charge in [-0.05, 0) is 24.6 Å². The van der Waals surface area contributed by atoms with E-state index in [1.807, 2.05) is 49.5 Å². The number of benzene rings is 1. The van der Waals surface area contributed by atoms with Crippen LogP contribution in [0.3, 0.4) is 0 Å². The molecule has 1 amide bonds. The molecule has 0 aliphatic carbocycles. The number of hydrogen-bond donors (Lipinski definition) is 1. The van der Waals surface area contributed by atoms with Gasteiger partial charge in [0.05, 0.1) is 17.8 Å². The van der Waals surface area contributed by atoms with Crippen molar-refractivity contribution in [3.63, 3.8) is 0 Å². The van der Waals surface area contributed by atoms with E-state index in [4.69, 9.17) is 0 Å². The number of hydrogen-bond acceptors (Lipinski definition) is 4. The normalized spacial score (nSPS) is 10.5. The van der Waals surface area contributed by atoms with E-state index < -0.39 is 0 Å². The van der Waals surface area contributed by atoms with Gasteiger partial charge in [0.1, 0.15) is 12.1 Å². The predicted octanol–water partition coefficient (Wildman–Crippen LogP) is 2.41. The number of nitrogens with zero attached hydrogens (tertiary/aromatic N) is 4. The highest BCUT2D eigenvalue weighted by Crippen LogP contribution is 2.09. The van der Waals surface area contributed by atoms with E-state index in [0.29, 0.717) is 11.5 Å². The summed E-state index contributed by atoms with van der Waals surface area (Å²) in [7, 11) is 0. The van der Waals surface area contributed by atoms with Crippen molar-refractivity contribution in [1.82, 2.24) is 19.7 Å². The largest absolute Gasteiger partial charge is 0.310 e. The summed E-state index contributed by atoms with van der Waals surface area (Å²) in [5.41, 5.74) is 2.56. The summed E-state index contributed by atoms with van der Waals surface area (Å²) >= 11 is 0. The number of rotatable bonds is 5. The Kier molecular flexibility index (Phi) is 4.42. The molecule has 6 nitrogen and oxygen atoms in total. The number of amides is 1.